The lowest BCUT2D eigenvalue weighted by Crippen LogP contribution is -2.23. The van der Waals surface area contributed by atoms with E-state index in [0.717, 1.165) is 17.5 Å². The van der Waals surface area contributed by atoms with Gasteiger partial charge in [0.2, 0.25) is 0 Å². The first kappa shape index (κ1) is 22.8. The van der Waals surface area contributed by atoms with E-state index in [1.54, 1.807) is 24.3 Å². The fourth-order valence-electron chi connectivity index (χ4n) is 3.01. The highest BCUT2D eigenvalue weighted by atomic mass is 35.5. The van der Waals surface area contributed by atoms with Crippen LogP contribution in [0, 0.1) is 5.82 Å². The highest BCUT2D eigenvalue weighted by Crippen LogP contribution is 2.28. The third-order valence-electron chi connectivity index (χ3n) is 4.59. The van der Waals surface area contributed by atoms with Crippen molar-refractivity contribution in [1.82, 2.24) is 5.32 Å². The average Bonchev–Trinajstić information content (AvgIpc) is 2.76. The minimum absolute atomic E-state index is 0.0176. The fraction of sp³-hybridized carbons (Fsp3) is 0.167. The molecule has 0 radical (unpaired) electrons. The van der Waals surface area contributed by atoms with E-state index in [-0.39, 0.29) is 23.0 Å². The van der Waals surface area contributed by atoms with Crippen molar-refractivity contribution in [3.05, 3.63) is 87.2 Å². The van der Waals surface area contributed by atoms with Gasteiger partial charge in [-0.05, 0) is 60.0 Å². The molecule has 0 unspecified atom stereocenters. The van der Waals surface area contributed by atoms with Crippen LogP contribution < -0.4 is 10.1 Å². The standard InChI is InChI=1S/C24H20Cl2FNO3/c1-2-9-31-23-8-4-16(15-3-7-22(27)18(11-15)14-29)10-17(23)13-28-24(30)20-6-5-19(25)12-21(20)26/h3-8,10-12,14H,2,9,13H2,1H3,(H,28,30). The molecule has 0 spiro atoms. The number of carbonyl (C=O) groups excluding carboxylic acids is 2. The Bertz CT molecular complexity index is 1120. The van der Waals surface area contributed by atoms with Crippen molar-refractivity contribution in [1.29, 1.82) is 0 Å². The molecule has 31 heavy (non-hydrogen) atoms. The lowest BCUT2D eigenvalue weighted by atomic mass is 10.0. The highest BCUT2D eigenvalue weighted by Gasteiger charge is 2.13. The molecular weight excluding hydrogens is 440 g/mol. The summed E-state index contributed by atoms with van der Waals surface area (Å²) in [4.78, 5) is 23.7. The molecule has 0 fully saturated rings. The van der Waals surface area contributed by atoms with Gasteiger partial charge in [-0.2, -0.15) is 0 Å². The third kappa shape index (κ3) is 5.63. The van der Waals surface area contributed by atoms with Crippen molar-refractivity contribution in [3.63, 3.8) is 0 Å². The maximum Gasteiger partial charge on any atom is 0.253 e. The Balaban J connectivity index is 1.88. The first-order chi connectivity index (χ1) is 14.9. The predicted octanol–water partition coefficient (Wildman–Crippen LogP) is 6.33. The van der Waals surface area contributed by atoms with Gasteiger partial charge in [-0.1, -0.05) is 42.3 Å². The molecule has 0 heterocycles. The molecule has 160 valence electrons. The van der Waals surface area contributed by atoms with Crippen LogP contribution in [-0.4, -0.2) is 18.8 Å². The zero-order valence-corrected chi connectivity index (χ0v) is 18.3. The molecule has 1 amide bonds. The summed E-state index contributed by atoms with van der Waals surface area (Å²) in [5.74, 6) is -0.293. The third-order valence-corrected chi connectivity index (χ3v) is 5.14. The first-order valence-corrected chi connectivity index (χ1v) is 10.4. The van der Waals surface area contributed by atoms with Crippen LogP contribution in [0.15, 0.2) is 54.6 Å². The van der Waals surface area contributed by atoms with Crippen molar-refractivity contribution < 1.29 is 18.7 Å². The van der Waals surface area contributed by atoms with Gasteiger partial charge < -0.3 is 10.1 Å². The van der Waals surface area contributed by atoms with Crippen molar-refractivity contribution in [2.24, 2.45) is 0 Å². The Morgan fingerprint density at radius 1 is 1.06 bits per heavy atom. The molecule has 0 aliphatic heterocycles. The zero-order chi connectivity index (χ0) is 22.4. The summed E-state index contributed by atoms with van der Waals surface area (Å²) in [7, 11) is 0. The molecule has 3 aromatic rings. The van der Waals surface area contributed by atoms with Gasteiger partial charge in [-0.15, -0.1) is 0 Å². The Morgan fingerprint density at radius 3 is 2.52 bits per heavy atom. The number of ether oxygens (including phenoxy) is 1. The van der Waals surface area contributed by atoms with E-state index < -0.39 is 5.82 Å². The number of carbonyl (C=O) groups is 2. The molecule has 0 atom stereocenters. The number of hydrogen-bond acceptors (Lipinski definition) is 3. The summed E-state index contributed by atoms with van der Waals surface area (Å²) in [5.41, 5.74) is 2.48. The molecule has 3 aromatic carbocycles. The van der Waals surface area contributed by atoms with E-state index in [1.165, 1.54) is 18.2 Å². The van der Waals surface area contributed by atoms with Crippen LogP contribution in [0.5, 0.6) is 5.75 Å². The summed E-state index contributed by atoms with van der Waals surface area (Å²) in [6, 6.07) is 14.5. The largest absolute Gasteiger partial charge is 0.493 e. The van der Waals surface area contributed by atoms with Gasteiger partial charge in [0.05, 0.1) is 22.8 Å². The first-order valence-electron chi connectivity index (χ1n) is 9.67. The molecular formula is C24H20Cl2FNO3. The van der Waals surface area contributed by atoms with E-state index >= 15 is 0 Å². The maximum absolute atomic E-state index is 13.7. The van der Waals surface area contributed by atoms with Crippen LogP contribution in [0.4, 0.5) is 4.39 Å². The number of aldehydes is 1. The van der Waals surface area contributed by atoms with E-state index in [1.807, 2.05) is 19.1 Å². The van der Waals surface area contributed by atoms with Crippen molar-refractivity contribution in [3.8, 4) is 16.9 Å². The Labute approximate surface area is 189 Å². The Kier molecular flexibility index (Phi) is 7.66. The summed E-state index contributed by atoms with van der Waals surface area (Å²) in [6.45, 7) is 2.71. The van der Waals surface area contributed by atoms with Crippen LogP contribution in [0.2, 0.25) is 10.0 Å². The van der Waals surface area contributed by atoms with Crippen LogP contribution in [-0.2, 0) is 6.54 Å². The smallest absolute Gasteiger partial charge is 0.253 e. The van der Waals surface area contributed by atoms with Crippen LogP contribution in [0.3, 0.4) is 0 Å². The van der Waals surface area contributed by atoms with Gasteiger partial charge in [0.15, 0.2) is 6.29 Å². The van der Waals surface area contributed by atoms with E-state index in [2.05, 4.69) is 5.32 Å². The number of amides is 1. The average molecular weight is 460 g/mol. The number of halogens is 3. The second-order valence-corrected chi connectivity index (χ2v) is 7.68. The van der Waals surface area contributed by atoms with Crippen LogP contribution in [0.25, 0.3) is 11.1 Å². The van der Waals surface area contributed by atoms with Gasteiger partial charge in [0.25, 0.3) is 5.91 Å². The van der Waals surface area contributed by atoms with Crippen LogP contribution in [0.1, 0.15) is 39.6 Å². The fourth-order valence-corrected chi connectivity index (χ4v) is 3.50. The quantitative estimate of drug-likeness (QED) is 0.400. The van der Waals surface area contributed by atoms with Gasteiger partial charge in [0, 0.05) is 17.1 Å². The predicted molar refractivity (Wildman–Crippen MR) is 121 cm³/mol. The van der Waals surface area contributed by atoms with Crippen LogP contribution >= 0.6 is 23.2 Å². The molecule has 0 saturated carbocycles. The van der Waals surface area contributed by atoms with Gasteiger partial charge in [0.1, 0.15) is 11.6 Å². The molecule has 0 aliphatic carbocycles. The van der Waals surface area contributed by atoms with E-state index in [4.69, 9.17) is 27.9 Å². The second-order valence-electron chi connectivity index (χ2n) is 6.83. The zero-order valence-electron chi connectivity index (χ0n) is 16.8. The molecule has 0 saturated heterocycles. The monoisotopic (exact) mass is 459 g/mol. The molecule has 0 bridgehead atoms. The highest BCUT2D eigenvalue weighted by molar-refractivity contribution is 6.36. The van der Waals surface area contributed by atoms with Gasteiger partial charge in [-0.3, -0.25) is 9.59 Å². The minimum atomic E-state index is -0.575. The number of rotatable bonds is 8. The topological polar surface area (TPSA) is 55.4 Å². The maximum atomic E-state index is 13.7. The second kappa shape index (κ2) is 10.4. The van der Waals surface area contributed by atoms with Gasteiger partial charge >= 0.3 is 0 Å². The normalized spacial score (nSPS) is 10.6. The molecule has 0 aliphatic rings. The SMILES string of the molecule is CCCOc1ccc(-c2ccc(F)c(C=O)c2)cc1CNC(=O)c1ccc(Cl)cc1Cl. The number of benzene rings is 3. The van der Waals surface area contributed by atoms with Crippen molar-refractivity contribution in [2.45, 2.75) is 19.9 Å². The number of hydrogen-bond donors (Lipinski definition) is 1. The molecule has 7 heteroatoms. The lowest BCUT2D eigenvalue weighted by Gasteiger charge is -2.14. The van der Waals surface area contributed by atoms with E-state index in [0.29, 0.717) is 34.8 Å². The summed E-state index contributed by atoms with van der Waals surface area (Å²) >= 11 is 12.0. The summed E-state index contributed by atoms with van der Waals surface area (Å²) in [6.07, 6.45) is 1.31. The summed E-state index contributed by atoms with van der Waals surface area (Å²) < 4.78 is 19.5. The number of nitrogens with one attached hydrogen (secondary N) is 1. The summed E-state index contributed by atoms with van der Waals surface area (Å²) in [5, 5.41) is 3.54. The van der Waals surface area contributed by atoms with Crippen molar-refractivity contribution >= 4 is 35.4 Å². The minimum Gasteiger partial charge on any atom is -0.493 e. The molecule has 3 rings (SSSR count). The Hall–Kier alpha value is -2.89. The van der Waals surface area contributed by atoms with Crippen molar-refractivity contribution in [2.75, 3.05) is 6.61 Å². The molecule has 1 N–H and O–H groups in total. The molecule has 4 nitrogen and oxygen atoms in total. The molecule has 0 aromatic heterocycles. The lowest BCUT2D eigenvalue weighted by molar-refractivity contribution is 0.0950. The Morgan fingerprint density at radius 2 is 1.81 bits per heavy atom. The van der Waals surface area contributed by atoms with Gasteiger partial charge in [-0.25, -0.2) is 4.39 Å². The van der Waals surface area contributed by atoms with E-state index in [9.17, 15) is 14.0 Å².